The zero-order valence-electron chi connectivity index (χ0n) is 11.6. The van der Waals surface area contributed by atoms with Crippen molar-refractivity contribution in [1.82, 2.24) is 0 Å². The first-order chi connectivity index (χ1) is 10.0. The van der Waals surface area contributed by atoms with Crippen LogP contribution in [0.3, 0.4) is 0 Å². The monoisotopic (exact) mass is 295 g/mol. The van der Waals surface area contributed by atoms with Crippen molar-refractivity contribution in [3.05, 3.63) is 59.4 Å². The summed E-state index contributed by atoms with van der Waals surface area (Å²) in [4.78, 5) is 0. The van der Waals surface area contributed by atoms with Crippen molar-refractivity contribution in [2.75, 3.05) is 0 Å². The number of nitrogens with two attached hydrogens (primary N) is 1. The van der Waals surface area contributed by atoms with Crippen molar-refractivity contribution >= 4 is 0 Å². The Labute approximate surface area is 121 Å². The van der Waals surface area contributed by atoms with Gasteiger partial charge in [0, 0.05) is 11.6 Å². The van der Waals surface area contributed by atoms with Gasteiger partial charge in [0.2, 0.25) is 5.82 Å². The van der Waals surface area contributed by atoms with Crippen LogP contribution in [0.5, 0.6) is 11.5 Å². The maximum absolute atomic E-state index is 13.9. The molecular formula is C16H16F3NO. The summed E-state index contributed by atoms with van der Waals surface area (Å²) < 4.78 is 46.1. The molecule has 0 aliphatic carbocycles. The number of rotatable bonds is 5. The maximum atomic E-state index is 13.9. The normalized spacial score (nSPS) is 12.2. The second-order valence-corrected chi connectivity index (χ2v) is 4.74. The molecular weight excluding hydrogens is 279 g/mol. The Morgan fingerprint density at radius 3 is 2.29 bits per heavy atom. The van der Waals surface area contributed by atoms with Gasteiger partial charge < -0.3 is 10.5 Å². The van der Waals surface area contributed by atoms with Crippen LogP contribution in [0.15, 0.2) is 36.4 Å². The predicted octanol–water partition coefficient (Wildman–Crippen LogP) is 4.18. The zero-order chi connectivity index (χ0) is 15.4. The Morgan fingerprint density at radius 2 is 1.62 bits per heavy atom. The van der Waals surface area contributed by atoms with Crippen LogP contribution in [0.2, 0.25) is 0 Å². The molecule has 21 heavy (non-hydrogen) atoms. The summed E-state index contributed by atoms with van der Waals surface area (Å²) in [5.41, 5.74) is 6.09. The van der Waals surface area contributed by atoms with Gasteiger partial charge in [-0.1, -0.05) is 19.1 Å². The molecule has 0 saturated heterocycles. The molecule has 0 aliphatic rings. The van der Waals surface area contributed by atoms with Crippen LogP contribution in [-0.2, 0) is 6.42 Å². The average Bonchev–Trinajstić information content (AvgIpc) is 2.47. The Kier molecular flexibility index (Phi) is 4.85. The van der Waals surface area contributed by atoms with Crippen molar-refractivity contribution in [2.24, 2.45) is 5.73 Å². The van der Waals surface area contributed by atoms with Gasteiger partial charge in [-0.05, 0) is 37.1 Å². The highest BCUT2D eigenvalue weighted by Crippen LogP contribution is 2.30. The van der Waals surface area contributed by atoms with E-state index in [1.54, 1.807) is 0 Å². The molecule has 0 fully saturated rings. The molecule has 1 unspecified atom stereocenters. The quantitative estimate of drug-likeness (QED) is 0.898. The summed E-state index contributed by atoms with van der Waals surface area (Å²) in [5.74, 6) is -2.74. The van der Waals surface area contributed by atoms with E-state index in [4.69, 9.17) is 10.5 Å². The minimum Gasteiger partial charge on any atom is -0.454 e. The first kappa shape index (κ1) is 15.4. The van der Waals surface area contributed by atoms with Gasteiger partial charge in [-0.2, -0.15) is 4.39 Å². The first-order valence-electron chi connectivity index (χ1n) is 6.67. The van der Waals surface area contributed by atoms with Gasteiger partial charge in [0.15, 0.2) is 11.6 Å². The highest BCUT2D eigenvalue weighted by atomic mass is 19.2. The first-order valence-corrected chi connectivity index (χ1v) is 6.67. The van der Waals surface area contributed by atoms with Crippen LogP contribution in [0.25, 0.3) is 0 Å². The summed E-state index contributed by atoms with van der Waals surface area (Å²) in [6.07, 6.45) is 0.928. The fourth-order valence-electron chi connectivity index (χ4n) is 1.92. The molecule has 2 aromatic rings. The Morgan fingerprint density at radius 1 is 1.00 bits per heavy atom. The lowest BCUT2D eigenvalue weighted by Crippen LogP contribution is -2.22. The summed E-state index contributed by atoms with van der Waals surface area (Å²) in [6.45, 7) is 1.89. The van der Waals surface area contributed by atoms with Crippen LogP contribution in [0.4, 0.5) is 13.2 Å². The molecule has 0 radical (unpaired) electrons. The molecule has 112 valence electrons. The topological polar surface area (TPSA) is 35.2 Å². The molecule has 0 bridgehead atoms. The molecule has 1 atom stereocenters. The summed E-state index contributed by atoms with van der Waals surface area (Å²) in [7, 11) is 0. The maximum Gasteiger partial charge on any atom is 0.201 e. The van der Waals surface area contributed by atoms with Crippen molar-refractivity contribution in [3.63, 3.8) is 0 Å². The van der Waals surface area contributed by atoms with Crippen LogP contribution in [0, 0.1) is 17.5 Å². The van der Waals surface area contributed by atoms with E-state index in [1.165, 1.54) is 30.3 Å². The van der Waals surface area contributed by atoms with E-state index in [0.717, 1.165) is 6.07 Å². The average molecular weight is 295 g/mol. The van der Waals surface area contributed by atoms with Gasteiger partial charge in [0.05, 0.1) is 0 Å². The number of hydrogen-bond donors (Lipinski definition) is 1. The number of halogens is 3. The highest BCUT2D eigenvalue weighted by Gasteiger charge is 2.16. The number of ether oxygens (including phenoxy) is 1. The van der Waals surface area contributed by atoms with Crippen LogP contribution in [0.1, 0.15) is 18.9 Å². The zero-order valence-corrected chi connectivity index (χ0v) is 11.6. The molecule has 2 nitrogen and oxygen atoms in total. The van der Waals surface area contributed by atoms with Gasteiger partial charge in [0.25, 0.3) is 0 Å². The van der Waals surface area contributed by atoms with E-state index >= 15 is 0 Å². The van der Waals surface area contributed by atoms with Crippen molar-refractivity contribution in [2.45, 2.75) is 25.8 Å². The van der Waals surface area contributed by atoms with Crippen molar-refractivity contribution < 1.29 is 17.9 Å². The van der Waals surface area contributed by atoms with E-state index in [2.05, 4.69) is 0 Å². The standard InChI is InChI=1S/C16H16F3NO/c1-2-10(20)9-11-12(17)5-3-7-14(11)21-15-8-4-6-13(18)16(15)19/h3-8,10H,2,9,20H2,1H3. The third kappa shape index (κ3) is 3.55. The van der Waals surface area contributed by atoms with E-state index in [9.17, 15) is 13.2 Å². The van der Waals surface area contributed by atoms with E-state index in [-0.39, 0.29) is 29.5 Å². The summed E-state index contributed by atoms with van der Waals surface area (Å²) in [6, 6.07) is 7.60. The molecule has 0 spiro atoms. The lowest BCUT2D eigenvalue weighted by atomic mass is 10.0. The Hall–Kier alpha value is -2.01. The summed E-state index contributed by atoms with van der Waals surface area (Å²) in [5, 5.41) is 0. The lowest BCUT2D eigenvalue weighted by molar-refractivity contribution is 0.407. The smallest absolute Gasteiger partial charge is 0.201 e. The lowest BCUT2D eigenvalue weighted by Gasteiger charge is -2.15. The van der Waals surface area contributed by atoms with Crippen LogP contribution >= 0.6 is 0 Å². The van der Waals surface area contributed by atoms with Gasteiger partial charge >= 0.3 is 0 Å². The second-order valence-electron chi connectivity index (χ2n) is 4.74. The fourth-order valence-corrected chi connectivity index (χ4v) is 1.92. The highest BCUT2D eigenvalue weighted by molar-refractivity contribution is 5.39. The van der Waals surface area contributed by atoms with Crippen molar-refractivity contribution in [3.8, 4) is 11.5 Å². The molecule has 5 heteroatoms. The molecule has 0 saturated carbocycles. The minimum absolute atomic E-state index is 0.142. The number of benzene rings is 2. The molecule has 2 aromatic carbocycles. The van der Waals surface area contributed by atoms with Crippen molar-refractivity contribution in [1.29, 1.82) is 0 Å². The Bertz CT molecular complexity index is 631. The molecule has 0 amide bonds. The van der Waals surface area contributed by atoms with E-state index in [1.807, 2.05) is 6.92 Å². The van der Waals surface area contributed by atoms with E-state index < -0.39 is 17.5 Å². The van der Waals surface area contributed by atoms with Crippen LogP contribution in [-0.4, -0.2) is 6.04 Å². The molecule has 2 N–H and O–H groups in total. The minimum atomic E-state index is -1.10. The Balaban J connectivity index is 2.35. The number of hydrogen-bond acceptors (Lipinski definition) is 2. The summed E-state index contributed by atoms with van der Waals surface area (Å²) >= 11 is 0. The molecule has 0 aromatic heterocycles. The van der Waals surface area contributed by atoms with Gasteiger partial charge in [-0.3, -0.25) is 0 Å². The van der Waals surface area contributed by atoms with Gasteiger partial charge in [-0.25, -0.2) is 8.78 Å². The molecule has 2 rings (SSSR count). The third-order valence-electron chi connectivity index (χ3n) is 3.20. The molecule has 0 heterocycles. The van der Waals surface area contributed by atoms with Gasteiger partial charge in [-0.15, -0.1) is 0 Å². The molecule has 0 aliphatic heterocycles. The SMILES string of the molecule is CCC(N)Cc1c(F)cccc1Oc1cccc(F)c1F. The fraction of sp³-hybridized carbons (Fsp3) is 0.250. The third-order valence-corrected chi connectivity index (χ3v) is 3.20. The van der Waals surface area contributed by atoms with E-state index in [0.29, 0.717) is 6.42 Å². The predicted molar refractivity (Wildman–Crippen MR) is 74.8 cm³/mol. The van der Waals surface area contributed by atoms with Gasteiger partial charge in [0.1, 0.15) is 11.6 Å². The largest absolute Gasteiger partial charge is 0.454 e. The van der Waals surface area contributed by atoms with Crippen LogP contribution < -0.4 is 10.5 Å². The second kappa shape index (κ2) is 6.63.